The van der Waals surface area contributed by atoms with E-state index in [1.165, 1.54) is 49.8 Å². The molecule has 4 bridgehead atoms. The Balaban J connectivity index is 1.22. The van der Waals surface area contributed by atoms with Crippen molar-refractivity contribution in [2.75, 3.05) is 11.4 Å². The Bertz CT molecular complexity index is 780. The number of amides is 2. The molecule has 150 valence electrons. The number of carbonyl (C=O) groups is 2. The van der Waals surface area contributed by atoms with Gasteiger partial charge in [-0.25, -0.2) is 4.90 Å². The third kappa shape index (κ3) is 3.10. The molecule has 1 saturated heterocycles. The van der Waals surface area contributed by atoms with Crippen molar-refractivity contribution in [2.24, 2.45) is 23.2 Å². The molecule has 1 aromatic rings. The Morgan fingerprint density at radius 1 is 1.04 bits per heavy atom. The quantitative estimate of drug-likeness (QED) is 0.797. The number of quaternary nitrogens is 1. The largest absolute Gasteiger partial charge is 0.336 e. The van der Waals surface area contributed by atoms with Gasteiger partial charge >= 0.3 is 0 Å². The van der Waals surface area contributed by atoms with Crippen molar-refractivity contribution in [3.63, 3.8) is 0 Å². The van der Waals surface area contributed by atoms with Crippen molar-refractivity contribution in [1.29, 1.82) is 0 Å². The van der Waals surface area contributed by atoms with Gasteiger partial charge in [0.1, 0.15) is 0 Å². The van der Waals surface area contributed by atoms with Gasteiger partial charge in [-0.15, -0.1) is 0 Å². The maximum atomic E-state index is 13.0. The molecule has 0 aromatic heterocycles. The minimum absolute atomic E-state index is 0.0255. The monoisotopic (exact) mass is 381 g/mol. The zero-order valence-electron chi connectivity index (χ0n) is 17.2. The number of nitrogens with two attached hydrogens (primary N) is 1. The first-order valence-corrected chi connectivity index (χ1v) is 11.2. The molecule has 5 aliphatic rings. The van der Waals surface area contributed by atoms with Gasteiger partial charge in [-0.2, -0.15) is 0 Å². The molecule has 1 aromatic carbocycles. The normalized spacial score (nSPS) is 36.6. The lowest BCUT2D eigenvalue weighted by molar-refractivity contribution is -0.676. The Kier molecular flexibility index (Phi) is 4.38. The van der Waals surface area contributed by atoms with E-state index in [2.05, 4.69) is 5.32 Å². The van der Waals surface area contributed by atoms with Crippen LogP contribution in [-0.2, 0) is 9.59 Å². The Morgan fingerprint density at radius 2 is 1.68 bits per heavy atom. The third-order valence-corrected chi connectivity index (χ3v) is 8.07. The van der Waals surface area contributed by atoms with Crippen molar-refractivity contribution >= 4 is 17.5 Å². The summed E-state index contributed by atoms with van der Waals surface area (Å²) in [5.41, 5.74) is 3.46. The topological polar surface area (TPSA) is 54.0 Å². The van der Waals surface area contributed by atoms with E-state index in [0.717, 1.165) is 41.1 Å². The standard InChI is InChI=1S/C24H32N2O2/c1-15-3-4-21(16(2)7-15)26-22(27)11-20(23(26)28)25-6-5-24-12-17-8-18(13-24)10-19(9-17)14-24/h3-4,7,17-20,25H,5-6,8-14H2,1-2H3/p+1/t17?,18?,19?,20-,24?/m1/s1. The van der Waals surface area contributed by atoms with Gasteiger partial charge in [-0.3, -0.25) is 9.59 Å². The second kappa shape index (κ2) is 6.69. The molecule has 4 aliphatic carbocycles. The highest BCUT2D eigenvalue weighted by atomic mass is 16.2. The lowest BCUT2D eigenvalue weighted by Crippen LogP contribution is -2.92. The molecule has 1 atom stereocenters. The summed E-state index contributed by atoms with van der Waals surface area (Å²) >= 11 is 0. The second-order valence-corrected chi connectivity index (χ2v) is 10.4. The van der Waals surface area contributed by atoms with E-state index in [1.807, 2.05) is 32.0 Å². The predicted molar refractivity (Wildman–Crippen MR) is 109 cm³/mol. The van der Waals surface area contributed by atoms with Gasteiger partial charge in [-0.1, -0.05) is 17.7 Å². The fourth-order valence-electron chi connectivity index (χ4n) is 7.34. The number of rotatable bonds is 5. The highest BCUT2D eigenvalue weighted by Crippen LogP contribution is 2.61. The number of aryl methyl sites for hydroxylation is 2. The minimum atomic E-state index is -0.234. The predicted octanol–water partition coefficient (Wildman–Crippen LogP) is 3.11. The summed E-state index contributed by atoms with van der Waals surface area (Å²) in [5.74, 6) is 2.85. The number of benzene rings is 1. The summed E-state index contributed by atoms with van der Waals surface area (Å²) in [6.07, 6.45) is 10.2. The van der Waals surface area contributed by atoms with Crippen LogP contribution in [-0.4, -0.2) is 24.4 Å². The van der Waals surface area contributed by atoms with Gasteiger partial charge < -0.3 is 5.32 Å². The molecule has 0 spiro atoms. The van der Waals surface area contributed by atoms with E-state index >= 15 is 0 Å². The van der Waals surface area contributed by atoms with Crippen LogP contribution in [0.4, 0.5) is 5.69 Å². The van der Waals surface area contributed by atoms with E-state index < -0.39 is 0 Å². The summed E-state index contributed by atoms with van der Waals surface area (Å²) in [7, 11) is 0. The zero-order chi connectivity index (χ0) is 19.5. The Morgan fingerprint density at radius 3 is 2.29 bits per heavy atom. The maximum absolute atomic E-state index is 13.0. The molecule has 1 heterocycles. The third-order valence-electron chi connectivity index (χ3n) is 8.07. The van der Waals surface area contributed by atoms with Gasteiger partial charge in [0.15, 0.2) is 6.04 Å². The molecule has 5 fully saturated rings. The number of carbonyl (C=O) groups excluding carboxylic acids is 2. The molecule has 0 unspecified atom stereocenters. The van der Waals surface area contributed by atoms with Crippen molar-refractivity contribution in [3.8, 4) is 0 Å². The molecule has 4 heteroatoms. The van der Waals surface area contributed by atoms with Crippen LogP contribution in [0.25, 0.3) is 0 Å². The van der Waals surface area contributed by atoms with E-state index in [1.54, 1.807) is 0 Å². The molecule has 4 saturated carbocycles. The fourth-order valence-corrected chi connectivity index (χ4v) is 7.34. The van der Waals surface area contributed by atoms with Crippen LogP contribution < -0.4 is 10.2 Å². The summed E-state index contributed by atoms with van der Waals surface area (Å²) in [6, 6.07) is 5.70. The number of nitrogens with zero attached hydrogens (tertiary/aromatic N) is 1. The molecule has 28 heavy (non-hydrogen) atoms. The van der Waals surface area contributed by atoms with E-state index in [9.17, 15) is 9.59 Å². The van der Waals surface area contributed by atoms with Crippen molar-refractivity contribution < 1.29 is 14.9 Å². The minimum Gasteiger partial charge on any atom is -0.336 e. The first-order chi connectivity index (χ1) is 13.4. The summed E-state index contributed by atoms with van der Waals surface area (Å²) in [5, 5.41) is 2.17. The number of anilines is 1. The molecule has 1 aliphatic heterocycles. The van der Waals surface area contributed by atoms with Gasteiger partial charge in [0.2, 0.25) is 5.91 Å². The first-order valence-electron chi connectivity index (χ1n) is 11.2. The zero-order valence-corrected chi connectivity index (χ0v) is 17.2. The van der Waals surface area contributed by atoms with Crippen LogP contribution in [0.15, 0.2) is 18.2 Å². The molecular weight excluding hydrogens is 348 g/mol. The summed E-state index contributed by atoms with van der Waals surface area (Å²) < 4.78 is 0. The highest BCUT2D eigenvalue weighted by molar-refractivity contribution is 6.22. The molecule has 0 radical (unpaired) electrons. The van der Waals surface area contributed by atoms with Crippen LogP contribution >= 0.6 is 0 Å². The van der Waals surface area contributed by atoms with Gasteiger partial charge in [0.25, 0.3) is 5.91 Å². The molecular formula is C24H33N2O2+. The maximum Gasteiger partial charge on any atom is 0.292 e. The summed E-state index contributed by atoms with van der Waals surface area (Å²) in [4.78, 5) is 27.0. The molecule has 2 N–H and O–H groups in total. The highest BCUT2D eigenvalue weighted by Gasteiger charge is 2.51. The lowest BCUT2D eigenvalue weighted by atomic mass is 9.49. The Hall–Kier alpha value is -1.68. The van der Waals surface area contributed by atoms with Crippen LogP contribution in [0, 0.1) is 37.0 Å². The van der Waals surface area contributed by atoms with Gasteiger partial charge in [0, 0.05) is 6.42 Å². The number of hydrogen-bond donors (Lipinski definition) is 1. The van der Waals surface area contributed by atoms with E-state index in [4.69, 9.17) is 0 Å². The molecule has 4 nitrogen and oxygen atoms in total. The molecule has 6 rings (SSSR count). The average molecular weight is 382 g/mol. The smallest absolute Gasteiger partial charge is 0.292 e. The van der Waals surface area contributed by atoms with E-state index in [-0.39, 0.29) is 17.9 Å². The van der Waals surface area contributed by atoms with Crippen molar-refractivity contribution in [3.05, 3.63) is 29.3 Å². The van der Waals surface area contributed by atoms with Crippen molar-refractivity contribution in [1.82, 2.24) is 0 Å². The first kappa shape index (κ1) is 18.4. The second-order valence-electron chi connectivity index (χ2n) is 10.4. The van der Waals surface area contributed by atoms with E-state index in [0.29, 0.717) is 11.8 Å². The van der Waals surface area contributed by atoms with Gasteiger partial charge in [-0.05, 0) is 87.2 Å². The number of hydrogen-bond acceptors (Lipinski definition) is 2. The van der Waals surface area contributed by atoms with Crippen LogP contribution in [0.1, 0.15) is 62.5 Å². The van der Waals surface area contributed by atoms with Crippen LogP contribution in [0.2, 0.25) is 0 Å². The van der Waals surface area contributed by atoms with Gasteiger partial charge in [0.05, 0.1) is 18.7 Å². The van der Waals surface area contributed by atoms with Crippen LogP contribution in [0.3, 0.4) is 0 Å². The fraction of sp³-hybridized carbons (Fsp3) is 0.667. The lowest BCUT2D eigenvalue weighted by Gasteiger charge is -2.56. The van der Waals surface area contributed by atoms with Crippen LogP contribution in [0.5, 0.6) is 0 Å². The average Bonchev–Trinajstić information content (AvgIpc) is 2.88. The summed E-state index contributed by atoms with van der Waals surface area (Å²) in [6.45, 7) is 5.00. The van der Waals surface area contributed by atoms with Crippen molar-refractivity contribution in [2.45, 2.75) is 71.3 Å². The molecule has 2 amide bonds. The number of imide groups is 1. The SMILES string of the molecule is Cc1ccc(N2C(=O)C[C@@H]([NH2+]CCC34CC5CC(CC(C5)C3)C4)C2=O)c(C)c1. The Labute approximate surface area is 168 Å².